The molecule has 2 unspecified atom stereocenters. The minimum atomic E-state index is 0.749. The molecule has 1 N–H and O–H groups in total. The van der Waals surface area contributed by atoms with Crippen molar-refractivity contribution in [1.82, 2.24) is 10.2 Å². The molecular weight excluding hydrogens is 200 g/mol. The Bertz CT molecular complexity index is 196. The van der Waals surface area contributed by atoms with Crippen molar-refractivity contribution < 1.29 is 4.74 Å². The van der Waals surface area contributed by atoms with Crippen LogP contribution in [0.5, 0.6) is 0 Å². The summed E-state index contributed by atoms with van der Waals surface area (Å²) in [5.74, 6) is 0. The van der Waals surface area contributed by atoms with Gasteiger partial charge in [0.2, 0.25) is 0 Å². The molecule has 2 saturated heterocycles. The topological polar surface area (TPSA) is 24.5 Å². The van der Waals surface area contributed by atoms with Gasteiger partial charge in [-0.15, -0.1) is 0 Å². The van der Waals surface area contributed by atoms with Gasteiger partial charge in [-0.2, -0.15) is 0 Å². The highest BCUT2D eigenvalue weighted by atomic mass is 16.5. The summed E-state index contributed by atoms with van der Waals surface area (Å²) < 4.78 is 5.50. The van der Waals surface area contributed by atoms with Crippen molar-refractivity contribution in [3.05, 3.63) is 0 Å². The smallest absolute Gasteiger partial charge is 0.0593 e. The van der Waals surface area contributed by atoms with E-state index in [-0.39, 0.29) is 0 Å². The average Bonchev–Trinajstić information content (AvgIpc) is 2.28. The number of hydrogen-bond acceptors (Lipinski definition) is 3. The molecule has 0 aromatic rings. The number of fused-ring (bicyclic) bond motifs is 2. The first-order valence-corrected chi connectivity index (χ1v) is 6.86. The van der Waals surface area contributed by atoms with E-state index < -0.39 is 0 Å². The normalized spacial score (nSPS) is 35.2. The van der Waals surface area contributed by atoms with Gasteiger partial charge < -0.3 is 10.1 Å². The molecule has 2 aliphatic heterocycles. The first-order chi connectivity index (χ1) is 7.85. The molecule has 0 aromatic heterocycles. The third-order valence-electron chi connectivity index (χ3n) is 4.23. The highest BCUT2D eigenvalue weighted by Gasteiger charge is 2.37. The average molecular weight is 226 g/mol. The van der Waals surface area contributed by atoms with E-state index in [9.17, 15) is 0 Å². The Balaban J connectivity index is 1.87. The Hall–Kier alpha value is -0.120. The maximum atomic E-state index is 5.50. The second-order valence-corrected chi connectivity index (χ2v) is 5.13. The highest BCUT2D eigenvalue weighted by molar-refractivity contribution is 4.94. The Labute approximate surface area is 99.5 Å². The van der Waals surface area contributed by atoms with Crippen molar-refractivity contribution in [2.45, 2.75) is 57.2 Å². The SMILES string of the molecule is CCOCCN1C2CCCC1CC(NC)C2. The van der Waals surface area contributed by atoms with Crippen molar-refractivity contribution >= 4 is 0 Å². The van der Waals surface area contributed by atoms with Crippen LogP contribution in [0.15, 0.2) is 0 Å². The Morgan fingerprint density at radius 1 is 1.25 bits per heavy atom. The van der Waals surface area contributed by atoms with Gasteiger partial charge in [0.25, 0.3) is 0 Å². The zero-order valence-corrected chi connectivity index (χ0v) is 10.7. The molecule has 0 aromatic carbocycles. The number of ether oxygens (including phenoxy) is 1. The number of nitrogens with zero attached hydrogens (tertiary/aromatic N) is 1. The van der Waals surface area contributed by atoms with Gasteiger partial charge in [-0.1, -0.05) is 6.42 Å². The lowest BCUT2D eigenvalue weighted by Crippen LogP contribution is -2.56. The van der Waals surface area contributed by atoms with E-state index in [1.807, 2.05) is 0 Å². The quantitative estimate of drug-likeness (QED) is 0.721. The van der Waals surface area contributed by atoms with Gasteiger partial charge in [0.05, 0.1) is 6.61 Å². The predicted octanol–water partition coefficient (Wildman–Crippen LogP) is 1.63. The molecule has 3 heteroatoms. The minimum Gasteiger partial charge on any atom is -0.380 e. The van der Waals surface area contributed by atoms with E-state index >= 15 is 0 Å². The third kappa shape index (κ3) is 2.76. The van der Waals surface area contributed by atoms with Gasteiger partial charge in [0.15, 0.2) is 0 Å². The predicted molar refractivity (Wildman–Crippen MR) is 66.7 cm³/mol. The lowest BCUT2D eigenvalue weighted by molar-refractivity contribution is 0.00213. The summed E-state index contributed by atoms with van der Waals surface area (Å²) >= 11 is 0. The second kappa shape index (κ2) is 5.99. The molecule has 0 radical (unpaired) electrons. The van der Waals surface area contributed by atoms with Crippen LogP contribution in [-0.4, -0.2) is 49.8 Å². The fourth-order valence-electron chi connectivity index (χ4n) is 3.39. The summed E-state index contributed by atoms with van der Waals surface area (Å²) in [6.45, 7) is 4.98. The molecule has 0 saturated carbocycles. The molecule has 2 rings (SSSR count). The molecule has 0 spiro atoms. The molecule has 2 heterocycles. The lowest BCUT2D eigenvalue weighted by atomic mass is 9.82. The summed E-state index contributed by atoms with van der Waals surface area (Å²) in [6.07, 6.45) is 6.87. The van der Waals surface area contributed by atoms with Crippen molar-refractivity contribution in [3.8, 4) is 0 Å². The maximum absolute atomic E-state index is 5.50. The summed E-state index contributed by atoms with van der Waals surface area (Å²) in [5, 5.41) is 3.46. The van der Waals surface area contributed by atoms with E-state index in [4.69, 9.17) is 4.74 Å². The molecule has 3 nitrogen and oxygen atoms in total. The van der Waals surface area contributed by atoms with Crippen LogP contribution >= 0.6 is 0 Å². The van der Waals surface area contributed by atoms with E-state index in [2.05, 4.69) is 24.2 Å². The van der Waals surface area contributed by atoms with Gasteiger partial charge >= 0.3 is 0 Å². The van der Waals surface area contributed by atoms with Gasteiger partial charge in [-0.25, -0.2) is 0 Å². The van der Waals surface area contributed by atoms with E-state index in [1.54, 1.807) is 0 Å². The summed E-state index contributed by atoms with van der Waals surface area (Å²) in [4.78, 5) is 2.72. The lowest BCUT2D eigenvalue weighted by Gasteiger charge is -2.49. The highest BCUT2D eigenvalue weighted by Crippen LogP contribution is 2.33. The Kier molecular flexibility index (Phi) is 4.62. The molecule has 2 aliphatic rings. The Morgan fingerprint density at radius 2 is 1.94 bits per heavy atom. The zero-order chi connectivity index (χ0) is 11.4. The van der Waals surface area contributed by atoms with Crippen LogP contribution in [0.1, 0.15) is 39.0 Å². The summed E-state index contributed by atoms with van der Waals surface area (Å²) in [7, 11) is 2.11. The van der Waals surface area contributed by atoms with E-state index in [0.29, 0.717) is 0 Å². The summed E-state index contributed by atoms with van der Waals surface area (Å²) in [5.41, 5.74) is 0. The van der Waals surface area contributed by atoms with E-state index in [1.165, 1.54) is 32.1 Å². The monoisotopic (exact) mass is 226 g/mol. The molecule has 16 heavy (non-hydrogen) atoms. The van der Waals surface area contributed by atoms with Crippen molar-refractivity contribution in [1.29, 1.82) is 0 Å². The van der Waals surface area contributed by atoms with Crippen molar-refractivity contribution in [2.75, 3.05) is 26.8 Å². The summed E-state index contributed by atoms with van der Waals surface area (Å²) in [6, 6.07) is 2.37. The molecular formula is C13H26N2O. The molecule has 2 bridgehead atoms. The zero-order valence-electron chi connectivity index (χ0n) is 10.7. The number of nitrogens with one attached hydrogen (secondary N) is 1. The first kappa shape index (κ1) is 12.3. The van der Waals surface area contributed by atoms with Crippen LogP contribution < -0.4 is 5.32 Å². The van der Waals surface area contributed by atoms with Crippen LogP contribution in [0, 0.1) is 0 Å². The first-order valence-electron chi connectivity index (χ1n) is 6.86. The number of rotatable bonds is 5. The van der Waals surface area contributed by atoms with Crippen LogP contribution in [0.3, 0.4) is 0 Å². The largest absolute Gasteiger partial charge is 0.380 e. The van der Waals surface area contributed by atoms with Gasteiger partial charge in [0, 0.05) is 31.3 Å². The van der Waals surface area contributed by atoms with Crippen LogP contribution in [-0.2, 0) is 4.74 Å². The van der Waals surface area contributed by atoms with Gasteiger partial charge in [-0.05, 0) is 39.7 Å². The molecule has 0 aliphatic carbocycles. The molecule has 2 fully saturated rings. The number of piperidine rings is 2. The standard InChI is InChI=1S/C13H26N2O/c1-3-16-8-7-15-12-5-4-6-13(15)10-11(9-12)14-2/h11-14H,3-10H2,1-2H3. The third-order valence-corrected chi connectivity index (χ3v) is 4.23. The molecule has 2 atom stereocenters. The minimum absolute atomic E-state index is 0.749. The second-order valence-electron chi connectivity index (χ2n) is 5.13. The van der Waals surface area contributed by atoms with Crippen LogP contribution in [0.4, 0.5) is 0 Å². The number of hydrogen-bond donors (Lipinski definition) is 1. The molecule has 94 valence electrons. The van der Waals surface area contributed by atoms with Crippen LogP contribution in [0.25, 0.3) is 0 Å². The van der Waals surface area contributed by atoms with E-state index in [0.717, 1.165) is 37.9 Å². The molecule has 0 amide bonds. The van der Waals surface area contributed by atoms with Crippen molar-refractivity contribution in [2.24, 2.45) is 0 Å². The maximum Gasteiger partial charge on any atom is 0.0593 e. The van der Waals surface area contributed by atoms with Crippen molar-refractivity contribution in [3.63, 3.8) is 0 Å². The Morgan fingerprint density at radius 3 is 2.50 bits per heavy atom. The van der Waals surface area contributed by atoms with Gasteiger partial charge in [0.1, 0.15) is 0 Å². The van der Waals surface area contributed by atoms with Crippen LogP contribution in [0.2, 0.25) is 0 Å². The fourth-order valence-corrected chi connectivity index (χ4v) is 3.39. The fraction of sp³-hybridized carbons (Fsp3) is 1.00. The van der Waals surface area contributed by atoms with Gasteiger partial charge in [-0.3, -0.25) is 4.90 Å².